The number of nitrogens with zero attached hydrogens (tertiary/aromatic N) is 1. The minimum atomic E-state index is 0.0880. The van der Waals surface area contributed by atoms with Crippen LogP contribution in [-0.2, 0) is 0 Å². The van der Waals surface area contributed by atoms with Crippen molar-refractivity contribution in [2.24, 2.45) is 5.92 Å². The average molecular weight is 231 g/mol. The Balaban J connectivity index is 1.98. The Labute approximate surface area is 96.2 Å². The highest BCUT2D eigenvalue weighted by Crippen LogP contribution is 2.29. The molecular weight excluding hydrogens is 212 g/mol. The number of fused-ring (bicyclic) bond motifs is 1. The van der Waals surface area contributed by atoms with E-state index in [2.05, 4.69) is 5.32 Å². The summed E-state index contributed by atoms with van der Waals surface area (Å²) in [6, 6.07) is 0.511. The number of amides is 2. The third-order valence-corrected chi connectivity index (χ3v) is 3.80. The Bertz CT molecular complexity index is 235. The second-order valence-corrected chi connectivity index (χ2v) is 4.94. The number of carbonyl (C=O) groups is 1. The Kier molecular flexibility index (Phi) is 3.73. The van der Waals surface area contributed by atoms with Crippen LogP contribution >= 0.6 is 11.6 Å². The molecule has 3 nitrogen and oxygen atoms in total. The Morgan fingerprint density at radius 3 is 2.93 bits per heavy atom. The number of nitrogens with one attached hydrogen (secondary N) is 1. The van der Waals surface area contributed by atoms with Gasteiger partial charge in [-0.25, -0.2) is 4.79 Å². The normalized spacial score (nSPS) is 31.8. The van der Waals surface area contributed by atoms with Gasteiger partial charge in [-0.2, -0.15) is 0 Å². The molecule has 1 aliphatic carbocycles. The lowest BCUT2D eigenvalue weighted by Gasteiger charge is -2.29. The van der Waals surface area contributed by atoms with Gasteiger partial charge in [-0.15, -0.1) is 11.6 Å². The minimum absolute atomic E-state index is 0.0880. The first-order chi connectivity index (χ1) is 7.31. The summed E-state index contributed by atoms with van der Waals surface area (Å²) in [5.41, 5.74) is 0. The van der Waals surface area contributed by atoms with Crippen molar-refractivity contribution in [1.29, 1.82) is 0 Å². The first kappa shape index (κ1) is 11.1. The van der Waals surface area contributed by atoms with Crippen LogP contribution in [0.1, 0.15) is 32.1 Å². The molecular formula is C11H19ClN2O. The molecule has 2 atom stereocenters. The van der Waals surface area contributed by atoms with Crippen molar-refractivity contribution in [2.45, 2.75) is 38.1 Å². The molecule has 2 unspecified atom stereocenters. The second-order valence-electron chi connectivity index (χ2n) is 4.57. The van der Waals surface area contributed by atoms with Crippen molar-refractivity contribution in [3.05, 3.63) is 0 Å². The molecule has 86 valence electrons. The molecule has 0 aromatic heterocycles. The van der Waals surface area contributed by atoms with Crippen LogP contribution in [0.5, 0.6) is 0 Å². The third kappa shape index (κ3) is 2.57. The van der Waals surface area contributed by atoms with E-state index in [1.54, 1.807) is 0 Å². The van der Waals surface area contributed by atoms with Gasteiger partial charge in [-0.05, 0) is 25.2 Å². The average Bonchev–Trinajstić information content (AvgIpc) is 2.40. The zero-order valence-corrected chi connectivity index (χ0v) is 9.80. The summed E-state index contributed by atoms with van der Waals surface area (Å²) in [5, 5.41) is 3.14. The Hall–Kier alpha value is -0.440. The van der Waals surface area contributed by atoms with E-state index >= 15 is 0 Å². The van der Waals surface area contributed by atoms with Crippen LogP contribution in [0.3, 0.4) is 0 Å². The van der Waals surface area contributed by atoms with E-state index in [1.807, 2.05) is 4.90 Å². The fraction of sp³-hybridized carbons (Fsp3) is 0.909. The van der Waals surface area contributed by atoms with E-state index in [1.165, 1.54) is 19.3 Å². The summed E-state index contributed by atoms with van der Waals surface area (Å²) in [4.78, 5) is 13.7. The lowest BCUT2D eigenvalue weighted by atomic mass is 9.83. The van der Waals surface area contributed by atoms with Gasteiger partial charge in [0.25, 0.3) is 0 Å². The van der Waals surface area contributed by atoms with Crippen molar-refractivity contribution in [3.8, 4) is 0 Å². The van der Waals surface area contributed by atoms with Crippen LogP contribution in [0.15, 0.2) is 0 Å². The molecule has 2 aliphatic rings. The standard InChI is InChI=1S/C11H19ClN2O/c12-6-8-14-7-5-9-3-1-2-4-10(9)13-11(14)15/h9-10H,1-8H2,(H,13,15). The molecule has 4 heteroatoms. The van der Waals surface area contributed by atoms with Gasteiger partial charge in [0.2, 0.25) is 0 Å². The molecule has 15 heavy (non-hydrogen) atoms. The highest BCUT2D eigenvalue weighted by Gasteiger charge is 2.31. The molecule has 1 heterocycles. The summed E-state index contributed by atoms with van der Waals surface area (Å²) in [6.45, 7) is 1.55. The van der Waals surface area contributed by atoms with Crippen LogP contribution in [0.4, 0.5) is 4.79 Å². The summed E-state index contributed by atoms with van der Waals surface area (Å²) in [5.74, 6) is 1.23. The van der Waals surface area contributed by atoms with Crippen LogP contribution in [0, 0.1) is 5.92 Å². The molecule has 2 amide bonds. The van der Waals surface area contributed by atoms with Gasteiger partial charge < -0.3 is 10.2 Å². The van der Waals surface area contributed by atoms with Gasteiger partial charge >= 0.3 is 6.03 Å². The number of rotatable bonds is 2. The van der Waals surface area contributed by atoms with E-state index in [-0.39, 0.29) is 6.03 Å². The number of hydrogen-bond donors (Lipinski definition) is 1. The molecule has 2 rings (SSSR count). The lowest BCUT2D eigenvalue weighted by molar-refractivity contribution is 0.202. The van der Waals surface area contributed by atoms with E-state index in [9.17, 15) is 4.79 Å². The van der Waals surface area contributed by atoms with E-state index in [0.29, 0.717) is 24.4 Å². The summed E-state index contributed by atoms with van der Waals surface area (Å²) >= 11 is 5.68. The largest absolute Gasteiger partial charge is 0.335 e. The monoisotopic (exact) mass is 230 g/mol. The predicted molar refractivity (Wildman–Crippen MR) is 61.2 cm³/mol. The van der Waals surface area contributed by atoms with Crippen LogP contribution in [-0.4, -0.2) is 35.9 Å². The summed E-state index contributed by atoms with van der Waals surface area (Å²) in [6.07, 6.45) is 6.16. The molecule has 0 spiro atoms. The van der Waals surface area contributed by atoms with E-state index < -0.39 is 0 Å². The van der Waals surface area contributed by atoms with Gasteiger partial charge in [0.1, 0.15) is 0 Å². The highest BCUT2D eigenvalue weighted by atomic mass is 35.5. The fourth-order valence-corrected chi connectivity index (χ4v) is 2.94. The van der Waals surface area contributed by atoms with Crippen molar-refractivity contribution in [2.75, 3.05) is 19.0 Å². The SMILES string of the molecule is O=C1NC2CCCCC2CCN1CCCl. The molecule has 0 radical (unpaired) electrons. The molecule has 1 saturated carbocycles. The number of halogens is 1. The zero-order chi connectivity index (χ0) is 10.7. The Morgan fingerprint density at radius 1 is 1.33 bits per heavy atom. The summed E-state index contributed by atoms with van der Waals surface area (Å²) in [7, 11) is 0. The second kappa shape index (κ2) is 5.06. The third-order valence-electron chi connectivity index (χ3n) is 3.63. The molecule has 1 saturated heterocycles. The van der Waals surface area contributed by atoms with Gasteiger partial charge in [-0.1, -0.05) is 12.8 Å². The van der Waals surface area contributed by atoms with Gasteiger partial charge in [0, 0.05) is 25.0 Å². The first-order valence-corrected chi connectivity index (χ1v) is 6.46. The maximum Gasteiger partial charge on any atom is 0.317 e. The first-order valence-electron chi connectivity index (χ1n) is 5.92. The fourth-order valence-electron chi connectivity index (χ4n) is 2.73. The van der Waals surface area contributed by atoms with Crippen LogP contribution in [0.2, 0.25) is 0 Å². The van der Waals surface area contributed by atoms with Crippen molar-refractivity contribution < 1.29 is 4.79 Å². The van der Waals surface area contributed by atoms with E-state index in [0.717, 1.165) is 19.4 Å². The molecule has 1 N–H and O–H groups in total. The number of carbonyl (C=O) groups excluding carboxylic acids is 1. The number of alkyl halides is 1. The van der Waals surface area contributed by atoms with Gasteiger partial charge in [-0.3, -0.25) is 0 Å². The highest BCUT2D eigenvalue weighted by molar-refractivity contribution is 6.18. The van der Waals surface area contributed by atoms with E-state index in [4.69, 9.17) is 11.6 Å². The molecule has 0 bridgehead atoms. The number of urea groups is 1. The van der Waals surface area contributed by atoms with Crippen molar-refractivity contribution in [1.82, 2.24) is 10.2 Å². The molecule has 0 aromatic rings. The van der Waals surface area contributed by atoms with Crippen molar-refractivity contribution in [3.63, 3.8) is 0 Å². The predicted octanol–water partition coefficient (Wildman–Crippen LogP) is 2.20. The smallest absolute Gasteiger partial charge is 0.317 e. The summed E-state index contributed by atoms with van der Waals surface area (Å²) < 4.78 is 0. The zero-order valence-electron chi connectivity index (χ0n) is 9.04. The Morgan fingerprint density at radius 2 is 2.13 bits per heavy atom. The van der Waals surface area contributed by atoms with Gasteiger partial charge in [0.05, 0.1) is 0 Å². The maximum absolute atomic E-state index is 11.8. The van der Waals surface area contributed by atoms with Crippen LogP contribution < -0.4 is 5.32 Å². The maximum atomic E-state index is 11.8. The minimum Gasteiger partial charge on any atom is -0.335 e. The molecule has 1 aliphatic heterocycles. The van der Waals surface area contributed by atoms with Gasteiger partial charge in [0.15, 0.2) is 0 Å². The molecule has 0 aromatic carbocycles. The van der Waals surface area contributed by atoms with Crippen LogP contribution in [0.25, 0.3) is 0 Å². The topological polar surface area (TPSA) is 32.3 Å². The molecule has 2 fully saturated rings. The number of hydrogen-bond acceptors (Lipinski definition) is 1. The quantitative estimate of drug-likeness (QED) is 0.725. The lowest BCUT2D eigenvalue weighted by Crippen LogP contribution is -2.45. The van der Waals surface area contributed by atoms with Crippen molar-refractivity contribution >= 4 is 17.6 Å².